The number of para-hydroxylation sites is 1. The lowest BCUT2D eigenvalue weighted by Gasteiger charge is -2.31. The molecule has 3 aromatic rings. The summed E-state index contributed by atoms with van der Waals surface area (Å²) in [4.78, 5) is 30.8. The Morgan fingerprint density at radius 3 is 2.52 bits per heavy atom. The van der Waals surface area contributed by atoms with Crippen LogP contribution < -0.4 is 5.43 Å². The summed E-state index contributed by atoms with van der Waals surface area (Å²) in [5, 5.41) is 1.24. The van der Waals surface area contributed by atoms with Crippen LogP contribution in [0.3, 0.4) is 0 Å². The fraction of sp³-hybridized carbons (Fsp3) is 0.304. The van der Waals surface area contributed by atoms with Gasteiger partial charge < -0.3 is 14.1 Å². The molecule has 0 radical (unpaired) electrons. The third kappa shape index (κ3) is 3.64. The average molecular weight is 459 g/mol. The van der Waals surface area contributed by atoms with Crippen molar-refractivity contribution in [3.63, 3.8) is 0 Å². The third-order valence-corrected chi connectivity index (χ3v) is 6.63. The zero-order valence-electron chi connectivity index (χ0n) is 16.6. The van der Waals surface area contributed by atoms with E-state index in [0.29, 0.717) is 52.9 Å². The van der Waals surface area contributed by atoms with E-state index in [1.165, 1.54) is 0 Å². The van der Waals surface area contributed by atoms with E-state index in [-0.39, 0.29) is 17.1 Å². The Balaban J connectivity index is 1.61. The van der Waals surface area contributed by atoms with E-state index in [9.17, 15) is 9.59 Å². The van der Waals surface area contributed by atoms with E-state index >= 15 is 0 Å². The fourth-order valence-corrected chi connectivity index (χ4v) is 4.61. The largest absolute Gasteiger partial charge is 0.450 e. The number of carbonyl (C=O) groups excluding carboxylic acids is 1. The SMILES string of the molecule is O=C1c2oc3ccccc3c(=O)c2[C@@H](c2ccc(Cl)c(Cl)c2)N1CCN1CCOCC1. The van der Waals surface area contributed by atoms with Crippen molar-refractivity contribution < 1.29 is 13.9 Å². The molecular weight excluding hydrogens is 439 g/mol. The van der Waals surface area contributed by atoms with Crippen molar-refractivity contribution in [2.75, 3.05) is 39.4 Å². The van der Waals surface area contributed by atoms with Crippen LogP contribution in [-0.2, 0) is 4.74 Å². The minimum absolute atomic E-state index is 0.0988. The highest BCUT2D eigenvalue weighted by atomic mass is 35.5. The van der Waals surface area contributed by atoms with E-state index in [0.717, 1.165) is 18.7 Å². The molecule has 0 N–H and O–H groups in total. The van der Waals surface area contributed by atoms with Gasteiger partial charge in [-0.1, -0.05) is 41.4 Å². The van der Waals surface area contributed by atoms with Crippen molar-refractivity contribution in [3.05, 3.63) is 79.6 Å². The van der Waals surface area contributed by atoms with Crippen LogP contribution in [0.15, 0.2) is 51.7 Å². The Hall–Kier alpha value is -2.38. The maximum absolute atomic E-state index is 13.4. The minimum atomic E-state index is -0.584. The standard InChI is InChI=1S/C23H20Cl2N2O4/c24-16-6-5-14(13-17(16)25)20-19-21(28)15-3-1-2-4-18(15)31-22(19)23(29)27(20)8-7-26-9-11-30-12-10-26/h1-6,13,20H,7-12H2/t20-/m1/s1. The minimum Gasteiger partial charge on any atom is -0.450 e. The predicted molar refractivity (Wildman–Crippen MR) is 119 cm³/mol. The first kappa shape index (κ1) is 20.5. The number of ether oxygens (including phenoxy) is 1. The highest BCUT2D eigenvalue weighted by molar-refractivity contribution is 6.42. The van der Waals surface area contributed by atoms with Gasteiger partial charge in [-0.3, -0.25) is 14.5 Å². The van der Waals surface area contributed by atoms with Crippen LogP contribution in [0, 0.1) is 0 Å². The van der Waals surface area contributed by atoms with E-state index in [4.69, 9.17) is 32.4 Å². The molecule has 0 spiro atoms. The molecule has 31 heavy (non-hydrogen) atoms. The number of carbonyl (C=O) groups is 1. The summed E-state index contributed by atoms with van der Waals surface area (Å²) in [6.07, 6.45) is 0. The zero-order valence-corrected chi connectivity index (χ0v) is 18.2. The van der Waals surface area contributed by atoms with Gasteiger partial charge in [0.1, 0.15) is 5.58 Å². The van der Waals surface area contributed by atoms with Gasteiger partial charge in [0.15, 0.2) is 5.43 Å². The summed E-state index contributed by atoms with van der Waals surface area (Å²) < 4.78 is 11.4. The van der Waals surface area contributed by atoms with Crippen molar-refractivity contribution in [2.24, 2.45) is 0 Å². The van der Waals surface area contributed by atoms with Crippen LogP contribution >= 0.6 is 23.2 Å². The van der Waals surface area contributed by atoms with Crippen LogP contribution in [0.5, 0.6) is 0 Å². The summed E-state index contributed by atoms with van der Waals surface area (Å²) in [5.41, 5.74) is 1.28. The number of halogens is 2. The molecule has 3 heterocycles. The summed E-state index contributed by atoms with van der Waals surface area (Å²) in [6.45, 7) is 4.10. The summed E-state index contributed by atoms with van der Waals surface area (Å²) >= 11 is 12.4. The van der Waals surface area contributed by atoms with Crippen molar-refractivity contribution in [1.29, 1.82) is 0 Å². The molecule has 160 valence electrons. The molecule has 1 saturated heterocycles. The molecule has 2 aromatic carbocycles. The lowest BCUT2D eigenvalue weighted by molar-refractivity contribution is 0.0314. The molecule has 0 saturated carbocycles. The molecule has 0 unspecified atom stereocenters. The first-order valence-corrected chi connectivity index (χ1v) is 10.9. The van der Waals surface area contributed by atoms with Gasteiger partial charge in [-0.05, 0) is 29.8 Å². The van der Waals surface area contributed by atoms with Gasteiger partial charge >= 0.3 is 0 Å². The highest BCUT2D eigenvalue weighted by Gasteiger charge is 2.42. The Kier molecular flexibility index (Phi) is 5.48. The summed E-state index contributed by atoms with van der Waals surface area (Å²) in [6, 6.07) is 11.6. The number of fused-ring (bicyclic) bond motifs is 2. The Bertz CT molecular complexity index is 1220. The predicted octanol–water partition coefficient (Wildman–Crippen LogP) is 3.98. The molecule has 1 fully saturated rings. The maximum atomic E-state index is 13.4. The molecule has 8 heteroatoms. The average Bonchev–Trinajstić information content (AvgIpc) is 3.07. The first-order chi connectivity index (χ1) is 15.0. The van der Waals surface area contributed by atoms with E-state index in [1.54, 1.807) is 47.4 Å². The number of rotatable bonds is 4. The smallest absolute Gasteiger partial charge is 0.290 e. The fourth-order valence-electron chi connectivity index (χ4n) is 4.30. The molecular formula is C23H20Cl2N2O4. The number of benzene rings is 2. The van der Waals surface area contributed by atoms with Crippen molar-refractivity contribution in [1.82, 2.24) is 9.80 Å². The monoisotopic (exact) mass is 458 g/mol. The van der Waals surface area contributed by atoms with Crippen LogP contribution in [0.4, 0.5) is 0 Å². The normalized spacial score (nSPS) is 19.2. The lowest BCUT2D eigenvalue weighted by Crippen LogP contribution is -2.42. The third-order valence-electron chi connectivity index (χ3n) is 5.89. The molecule has 2 aliphatic heterocycles. The van der Waals surface area contributed by atoms with Gasteiger partial charge in [0.25, 0.3) is 5.91 Å². The van der Waals surface area contributed by atoms with Crippen LogP contribution in [-0.4, -0.2) is 55.1 Å². The van der Waals surface area contributed by atoms with Crippen molar-refractivity contribution in [2.45, 2.75) is 6.04 Å². The van der Waals surface area contributed by atoms with Crippen LogP contribution in [0.25, 0.3) is 11.0 Å². The molecule has 0 aliphatic carbocycles. The van der Waals surface area contributed by atoms with Gasteiger partial charge in [-0.15, -0.1) is 0 Å². The van der Waals surface area contributed by atoms with E-state index < -0.39 is 6.04 Å². The number of morpholine rings is 1. The van der Waals surface area contributed by atoms with Crippen molar-refractivity contribution in [3.8, 4) is 0 Å². The highest BCUT2D eigenvalue weighted by Crippen LogP contribution is 2.39. The Labute approximate surface area is 188 Å². The van der Waals surface area contributed by atoms with Gasteiger partial charge in [0.2, 0.25) is 5.76 Å². The Morgan fingerprint density at radius 1 is 0.968 bits per heavy atom. The number of amides is 1. The first-order valence-electron chi connectivity index (χ1n) is 10.2. The molecule has 1 atom stereocenters. The molecule has 1 amide bonds. The van der Waals surface area contributed by atoms with Gasteiger partial charge in [0, 0.05) is 26.2 Å². The second-order valence-electron chi connectivity index (χ2n) is 7.70. The molecule has 2 aliphatic rings. The Morgan fingerprint density at radius 2 is 1.74 bits per heavy atom. The number of nitrogens with zero attached hydrogens (tertiary/aromatic N) is 2. The summed E-state index contributed by atoms with van der Waals surface area (Å²) in [5.74, 6) is -0.191. The maximum Gasteiger partial charge on any atom is 0.290 e. The van der Waals surface area contributed by atoms with E-state index in [1.807, 2.05) is 0 Å². The second-order valence-corrected chi connectivity index (χ2v) is 8.51. The molecule has 6 nitrogen and oxygen atoms in total. The van der Waals surface area contributed by atoms with Gasteiger partial charge in [0.05, 0.1) is 40.3 Å². The lowest BCUT2D eigenvalue weighted by atomic mass is 9.98. The summed E-state index contributed by atoms with van der Waals surface area (Å²) in [7, 11) is 0. The quantitative estimate of drug-likeness (QED) is 0.591. The topological polar surface area (TPSA) is 63.0 Å². The zero-order chi connectivity index (χ0) is 21.5. The van der Waals surface area contributed by atoms with Gasteiger partial charge in [-0.2, -0.15) is 0 Å². The molecule has 1 aromatic heterocycles. The number of hydrogen-bond acceptors (Lipinski definition) is 5. The molecule has 0 bridgehead atoms. The molecule has 5 rings (SSSR count). The van der Waals surface area contributed by atoms with Gasteiger partial charge in [-0.25, -0.2) is 0 Å². The number of hydrogen-bond donors (Lipinski definition) is 0. The van der Waals surface area contributed by atoms with Crippen LogP contribution in [0.1, 0.15) is 27.7 Å². The van der Waals surface area contributed by atoms with E-state index in [2.05, 4.69) is 4.90 Å². The van der Waals surface area contributed by atoms with Crippen molar-refractivity contribution >= 4 is 40.1 Å². The second kappa shape index (κ2) is 8.28. The van der Waals surface area contributed by atoms with Crippen LogP contribution in [0.2, 0.25) is 10.0 Å².